The number of rotatable bonds is 6. The third-order valence-electron chi connectivity index (χ3n) is 5.68. The minimum Gasteiger partial charge on any atom is -0.466 e. The molecule has 27 heavy (non-hydrogen) atoms. The van der Waals surface area contributed by atoms with Gasteiger partial charge in [-0.1, -0.05) is 59.7 Å². The zero-order valence-corrected chi connectivity index (χ0v) is 16.8. The van der Waals surface area contributed by atoms with Gasteiger partial charge in [0.25, 0.3) is 0 Å². The quantitative estimate of drug-likeness (QED) is 0.689. The van der Waals surface area contributed by atoms with Crippen LogP contribution in [0.1, 0.15) is 48.4 Å². The van der Waals surface area contributed by atoms with Gasteiger partial charge in [-0.15, -0.1) is 0 Å². The van der Waals surface area contributed by atoms with E-state index < -0.39 is 0 Å². The minimum atomic E-state index is -0.115. The largest absolute Gasteiger partial charge is 0.466 e. The van der Waals surface area contributed by atoms with E-state index >= 15 is 0 Å². The van der Waals surface area contributed by atoms with Crippen molar-refractivity contribution in [3.63, 3.8) is 0 Å². The van der Waals surface area contributed by atoms with Gasteiger partial charge in [0.1, 0.15) is 0 Å². The average molecular weight is 366 g/mol. The number of benzene rings is 2. The van der Waals surface area contributed by atoms with Crippen molar-refractivity contribution in [2.45, 2.75) is 52.0 Å². The van der Waals surface area contributed by atoms with E-state index in [9.17, 15) is 4.79 Å². The van der Waals surface area contributed by atoms with Crippen molar-refractivity contribution in [1.29, 1.82) is 0 Å². The molecule has 3 rings (SSSR count). The van der Waals surface area contributed by atoms with E-state index in [4.69, 9.17) is 4.74 Å². The number of likely N-dealkylation sites (tertiary alicyclic amines) is 1. The van der Waals surface area contributed by atoms with E-state index in [1.165, 1.54) is 22.3 Å². The molecule has 0 N–H and O–H groups in total. The Morgan fingerprint density at radius 1 is 1.04 bits per heavy atom. The van der Waals surface area contributed by atoms with E-state index in [0.717, 1.165) is 32.5 Å². The van der Waals surface area contributed by atoms with Crippen molar-refractivity contribution in [3.8, 4) is 0 Å². The first kappa shape index (κ1) is 19.6. The number of carbonyl (C=O) groups is 1. The molecule has 0 radical (unpaired) electrons. The summed E-state index contributed by atoms with van der Waals surface area (Å²) in [7, 11) is 0. The van der Waals surface area contributed by atoms with Gasteiger partial charge in [-0.2, -0.15) is 0 Å². The molecule has 0 saturated carbocycles. The molecule has 1 saturated heterocycles. The van der Waals surface area contributed by atoms with Crippen molar-refractivity contribution in [2.24, 2.45) is 0 Å². The summed E-state index contributed by atoms with van der Waals surface area (Å²) in [6.45, 7) is 9.58. The second kappa shape index (κ2) is 8.71. The smallest absolute Gasteiger partial charge is 0.306 e. The molecule has 0 aromatic heterocycles. The maximum absolute atomic E-state index is 12.4. The molecule has 3 nitrogen and oxygen atoms in total. The lowest BCUT2D eigenvalue weighted by molar-refractivity contribution is -0.145. The maximum Gasteiger partial charge on any atom is 0.306 e. The summed E-state index contributed by atoms with van der Waals surface area (Å²) in [4.78, 5) is 14.9. The molecule has 0 unspecified atom stereocenters. The monoisotopic (exact) mass is 365 g/mol. The molecule has 1 fully saturated rings. The first-order chi connectivity index (χ1) is 13.0. The first-order valence-electron chi connectivity index (χ1n) is 10.0. The minimum absolute atomic E-state index is 0.0758. The van der Waals surface area contributed by atoms with Crippen LogP contribution in [0.25, 0.3) is 0 Å². The Hall–Kier alpha value is -2.13. The second-order valence-electron chi connectivity index (χ2n) is 7.90. The first-order valence-corrected chi connectivity index (χ1v) is 10.0. The van der Waals surface area contributed by atoms with Crippen LogP contribution in [0.5, 0.6) is 0 Å². The Morgan fingerprint density at radius 2 is 1.67 bits per heavy atom. The third-order valence-corrected chi connectivity index (χ3v) is 5.68. The average Bonchev–Trinajstić information content (AvgIpc) is 2.64. The van der Waals surface area contributed by atoms with Crippen LogP contribution >= 0.6 is 0 Å². The Labute approximate surface area is 163 Å². The molecule has 0 spiro atoms. The van der Waals surface area contributed by atoms with E-state index in [-0.39, 0.29) is 11.4 Å². The van der Waals surface area contributed by atoms with Crippen LogP contribution in [0.3, 0.4) is 0 Å². The Kier molecular flexibility index (Phi) is 6.33. The molecule has 0 atom stereocenters. The lowest BCUT2D eigenvalue weighted by Gasteiger charge is -2.42. The molecule has 0 bridgehead atoms. The van der Waals surface area contributed by atoms with E-state index in [1.807, 2.05) is 6.92 Å². The number of hydrogen-bond acceptors (Lipinski definition) is 3. The van der Waals surface area contributed by atoms with Crippen molar-refractivity contribution in [2.75, 3.05) is 19.7 Å². The van der Waals surface area contributed by atoms with Gasteiger partial charge in [-0.3, -0.25) is 9.69 Å². The molecular weight excluding hydrogens is 334 g/mol. The SMILES string of the molecule is CCOC(=O)CC1(c2cc(C)cc(C)c2)CCN(Cc2ccccc2)CC1. The summed E-state index contributed by atoms with van der Waals surface area (Å²) < 4.78 is 5.32. The normalized spacial score (nSPS) is 16.9. The maximum atomic E-state index is 12.4. The second-order valence-corrected chi connectivity index (χ2v) is 7.90. The molecule has 2 aromatic carbocycles. The van der Waals surface area contributed by atoms with Crippen LogP contribution < -0.4 is 0 Å². The zero-order valence-electron chi connectivity index (χ0n) is 16.8. The van der Waals surface area contributed by atoms with Crippen molar-refractivity contribution in [3.05, 3.63) is 70.8 Å². The number of piperidine rings is 1. The van der Waals surface area contributed by atoms with Gasteiger partial charge in [-0.05, 0) is 57.8 Å². The van der Waals surface area contributed by atoms with Crippen LogP contribution in [0, 0.1) is 13.8 Å². The number of esters is 1. The fourth-order valence-electron chi connectivity index (χ4n) is 4.32. The summed E-state index contributed by atoms with van der Waals surface area (Å²) in [6.07, 6.45) is 2.45. The number of carbonyl (C=O) groups excluding carboxylic acids is 1. The van der Waals surface area contributed by atoms with Gasteiger partial charge in [-0.25, -0.2) is 0 Å². The van der Waals surface area contributed by atoms with Crippen LogP contribution in [0.15, 0.2) is 48.5 Å². The van der Waals surface area contributed by atoms with Gasteiger partial charge in [0.05, 0.1) is 13.0 Å². The molecule has 3 heteroatoms. The summed E-state index contributed by atoms with van der Waals surface area (Å²) in [5, 5.41) is 0. The molecule has 1 aliphatic rings. The summed E-state index contributed by atoms with van der Waals surface area (Å²) in [6, 6.07) is 17.4. The fourth-order valence-corrected chi connectivity index (χ4v) is 4.32. The predicted molar refractivity (Wildman–Crippen MR) is 110 cm³/mol. The third kappa shape index (κ3) is 4.98. The van der Waals surface area contributed by atoms with Crippen molar-refractivity contribution in [1.82, 2.24) is 4.90 Å². The number of aryl methyl sites for hydroxylation is 2. The molecule has 144 valence electrons. The van der Waals surface area contributed by atoms with Gasteiger partial charge in [0.15, 0.2) is 0 Å². The summed E-state index contributed by atoms with van der Waals surface area (Å²) >= 11 is 0. The van der Waals surface area contributed by atoms with Crippen LogP contribution in [-0.2, 0) is 21.5 Å². The van der Waals surface area contributed by atoms with E-state index in [0.29, 0.717) is 13.0 Å². The topological polar surface area (TPSA) is 29.5 Å². The number of nitrogens with zero attached hydrogens (tertiary/aromatic N) is 1. The van der Waals surface area contributed by atoms with E-state index in [1.54, 1.807) is 0 Å². The van der Waals surface area contributed by atoms with Gasteiger partial charge >= 0.3 is 5.97 Å². The fraction of sp³-hybridized carbons (Fsp3) is 0.458. The molecule has 0 aliphatic carbocycles. The zero-order chi connectivity index (χ0) is 19.3. The van der Waals surface area contributed by atoms with Gasteiger partial charge in [0.2, 0.25) is 0 Å². The van der Waals surface area contributed by atoms with E-state index in [2.05, 4.69) is 67.3 Å². The van der Waals surface area contributed by atoms with Crippen LogP contribution in [0.2, 0.25) is 0 Å². The van der Waals surface area contributed by atoms with Gasteiger partial charge < -0.3 is 4.74 Å². The predicted octanol–water partition coefficient (Wildman–Crippen LogP) is 4.79. The van der Waals surface area contributed by atoms with Gasteiger partial charge in [0, 0.05) is 12.0 Å². The molecule has 1 aliphatic heterocycles. The highest BCUT2D eigenvalue weighted by Crippen LogP contribution is 2.40. The lowest BCUT2D eigenvalue weighted by Crippen LogP contribution is -2.43. The number of hydrogen-bond donors (Lipinski definition) is 0. The highest BCUT2D eigenvalue weighted by atomic mass is 16.5. The Balaban J connectivity index is 1.79. The number of ether oxygens (including phenoxy) is 1. The Morgan fingerprint density at radius 3 is 2.26 bits per heavy atom. The molecule has 0 amide bonds. The van der Waals surface area contributed by atoms with Crippen LogP contribution in [0.4, 0.5) is 0 Å². The Bertz CT molecular complexity index is 741. The van der Waals surface area contributed by atoms with Crippen molar-refractivity contribution < 1.29 is 9.53 Å². The standard InChI is InChI=1S/C24H31NO2/c1-4-27-23(26)17-24(22-15-19(2)14-20(3)16-22)10-12-25(13-11-24)18-21-8-6-5-7-9-21/h5-9,14-16H,4,10-13,17-18H2,1-3H3. The molecule has 1 heterocycles. The highest BCUT2D eigenvalue weighted by Gasteiger charge is 2.38. The molecular formula is C24H31NO2. The van der Waals surface area contributed by atoms with Crippen LogP contribution in [-0.4, -0.2) is 30.6 Å². The van der Waals surface area contributed by atoms with Crippen molar-refractivity contribution >= 4 is 5.97 Å². The molecule has 2 aromatic rings. The lowest BCUT2D eigenvalue weighted by atomic mass is 9.70. The summed E-state index contributed by atoms with van der Waals surface area (Å²) in [5.41, 5.74) is 5.06. The highest BCUT2D eigenvalue weighted by molar-refractivity contribution is 5.71. The summed E-state index contributed by atoms with van der Waals surface area (Å²) in [5.74, 6) is -0.0758.